The van der Waals surface area contributed by atoms with Gasteiger partial charge in [0.05, 0.1) is 26.3 Å². The van der Waals surface area contributed by atoms with E-state index in [1.165, 1.54) is 14.2 Å². The molecule has 4 rings (SSSR count). The highest BCUT2D eigenvalue weighted by Gasteiger charge is 2.38. The van der Waals surface area contributed by atoms with Gasteiger partial charge < -0.3 is 39.9 Å². The number of amides is 4. The van der Waals surface area contributed by atoms with Crippen LogP contribution in [0, 0.1) is 11.8 Å². The summed E-state index contributed by atoms with van der Waals surface area (Å²) in [5, 5.41) is 5.35. The van der Waals surface area contributed by atoms with Gasteiger partial charge in [0.15, 0.2) is 0 Å². The third-order valence-electron chi connectivity index (χ3n) is 8.90. The van der Waals surface area contributed by atoms with E-state index in [0.29, 0.717) is 19.5 Å². The second-order valence-electron chi connectivity index (χ2n) is 13.0. The van der Waals surface area contributed by atoms with Crippen molar-refractivity contribution >= 4 is 24.0 Å². The molecule has 48 heavy (non-hydrogen) atoms. The lowest BCUT2D eigenvalue weighted by molar-refractivity contribution is -0.136. The summed E-state index contributed by atoms with van der Waals surface area (Å²) < 4.78 is 9.44. The molecule has 0 saturated carbocycles. The molecule has 262 valence electrons. The number of allylic oxidation sites excluding steroid dienone is 1. The Morgan fingerprint density at radius 3 is 1.79 bits per heavy atom. The van der Waals surface area contributed by atoms with Crippen LogP contribution in [0.15, 0.2) is 30.3 Å². The van der Waals surface area contributed by atoms with Crippen LogP contribution in [-0.4, -0.2) is 93.1 Å². The Balaban J connectivity index is 1.28. The van der Waals surface area contributed by atoms with E-state index in [2.05, 4.69) is 36.3 Å². The predicted molar refractivity (Wildman–Crippen MR) is 178 cm³/mol. The first-order valence-electron chi connectivity index (χ1n) is 16.8. The average molecular weight is 667 g/mol. The molecule has 2 aliphatic rings. The number of aryl methyl sites for hydroxylation is 1. The van der Waals surface area contributed by atoms with E-state index in [9.17, 15) is 19.2 Å². The number of methoxy groups -OCH3 is 2. The number of aromatic nitrogens is 4. The van der Waals surface area contributed by atoms with Crippen LogP contribution in [0.5, 0.6) is 0 Å². The molecule has 2 aromatic heterocycles. The minimum absolute atomic E-state index is 0.0886. The largest absolute Gasteiger partial charge is 0.453 e. The topological polar surface area (TPSA) is 175 Å². The maximum atomic E-state index is 13.4. The monoisotopic (exact) mass is 666 g/mol. The molecule has 4 heterocycles. The number of hydrogen-bond acceptors (Lipinski definition) is 8. The molecule has 2 fully saturated rings. The zero-order valence-electron chi connectivity index (χ0n) is 28.9. The van der Waals surface area contributed by atoms with Gasteiger partial charge in [0, 0.05) is 43.3 Å². The first-order valence-corrected chi connectivity index (χ1v) is 16.8. The number of nitrogens with zero attached hydrogens (tertiary/aromatic N) is 4. The molecule has 4 atom stereocenters. The van der Waals surface area contributed by atoms with Crippen molar-refractivity contribution in [3.05, 3.63) is 53.3 Å². The lowest BCUT2D eigenvalue weighted by Gasteiger charge is -2.30. The van der Waals surface area contributed by atoms with Gasteiger partial charge >= 0.3 is 12.2 Å². The third kappa shape index (κ3) is 9.06. The van der Waals surface area contributed by atoms with Crippen molar-refractivity contribution in [2.24, 2.45) is 11.8 Å². The zero-order valence-corrected chi connectivity index (χ0v) is 28.9. The summed E-state index contributed by atoms with van der Waals surface area (Å²) in [6.07, 6.45) is 11.7. The molecular weight excluding hydrogens is 616 g/mol. The van der Waals surface area contributed by atoms with Crippen LogP contribution in [0.4, 0.5) is 9.59 Å². The molecule has 0 unspecified atom stereocenters. The van der Waals surface area contributed by atoms with Crippen LogP contribution in [0.2, 0.25) is 0 Å². The number of likely N-dealkylation sites (tertiary alicyclic amines) is 2. The molecule has 4 amide bonds. The molecule has 0 spiro atoms. The number of carbonyl (C=O) groups is 4. The Hall–Kier alpha value is -4.58. The fourth-order valence-corrected chi connectivity index (χ4v) is 6.27. The van der Waals surface area contributed by atoms with E-state index >= 15 is 0 Å². The summed E-state index contributed by atoms with van der Waals surface area (Å²) >= 11 is 0. The van der Waals surface area contributed by atoms with Crippen LogP contribution < -0.4 is 10.6 Å². The SMILES string of the molecule is COC(=O)N[C@H](C(=O)N1CCC[C@H]1c1ncc(CC=C=CCCc2cnc([C@@H]3CCCN3C(=O)[C@@H](NC(=O)OC)C(C)C)[nH]2)[nH]1)C(C)C. The van der Waals surface area contributed by atoms with Crippen molar-refractivity contribution in [3.8, 4) is 0 Å². The number of ether oxygens (including phenoxy) is 2. The Morgan fingerprint density at radius 1 is 0.833 bits per heavy atom. The fraction of sp³-hybridized carbons (Fsp3) is 0.618. The van der Waals surface area contributed by atoms with Crippen molar-refractivity contribution < 1.29 is 28.7 Å². The Bertz CT molecular complexity index is 1480. The predicted octanol–water partition coefficient (Wildman–Crippen LogP) is 4.11. The molecule has 0 aliphatic carbocycles. The lowest BCUT2D eigenvalue weighted by atomic mass is 10.0. The van der Waals surface area contributed by atoms with Gasteiger partial charge in [-0.05, 0) is 62.5 Å². The first-order chi connectivity index (χ1) is 23.0. The number of nitrogens with one attached hydrogen (secondary N) is 4. The average Bonchev–Trinajstić information content (AvgIpc) is 3.89. The minimum atomic E-state index is -0.671. The van der Waals surface area contributed by atoms with Crippen LogP contribution >= 0.6 is 0 Å². The molecule has 0 radical (unpaired) electrons. The summed E-state index contributed by atoms with van der Waals surface area (Å²) in [7, 11) is 2.57. The number of aromatic amines is 2. The van der Waals surface area contributed by atoms with Gasteiger partial charge in [-0.15, -0.1) is 5.73 Å². The molecule has 0 bridgehead atoms. The number of carbonyl (C=O) groups excluding carboxylic acids is 4. The molecule has 2 aromatic rings. The normalized spacial score (nSPS) is 18.8. The lowest BCUT2D eigenvalue weighted by Crippen LogP contribution is -2.51. The highest BCUT2D eigenvalue weighted by molar-refractivity contribution is 5.87. The molecule has 14 nitrogen and oxygen atoms in total. The van der Waals surface area contributed by atoms with E-state index < -0.39 is 24.3 Å². The van der Waals surface area contributed by atoms with E-state index in [1.54, 1.807) is 16.0 Å². The van der Waals surface area contributed by atoms with Gasteiger partial charge in [-0.25, -0.2) is 19.6 Å². The van der Waals surface area contributed by atoms with E-state index in [1.807, 2.05) is 46.0 Å². The van der Waals surface area contributed by atoms with Crippen LogP contribution in [-0.2, 0) is 31.9 Å². The molecule has 2 aliphatic heterocycles. The maximum Gasteiger partial charge on any atom is 0.407 e. The molecule has 2 saturated heterocycles. The van der Waals surface area contributed by atoms with Gasteiger partial charge in [-0.1, -0.05) is 27.7 Å². The fourth-order valence-electron chi connectivity index (χ4n) is 6.27. The number of alkyl carbamates (subject to hydrolysis) is 2. The van der Waals surface area contributed by atoms with Gasteiger partial charge in [-0.2, -0.15) is 0 Å². The molecule has 0 aromatic carbocycles. The summed E-state index contributed by atoms with van der Waals surface area (Å²) in [6, 6.07) is -1.67. The number of H-pyrrole nitrogens is 2. The Kier molecular flexibility index (Phi) is 12.8. The van der Waals surface area contributed by atoms with Gasteiger partial charge in [0.1, 0.15) is 23.7 Å². The third-order valence-corrected chi connectivity index (χ3v) is 8.90. The summed E-state index contributed by atoms with van der Waals surface area (Å²) in [5.74, 6) is 1.06. The van der Waals surface area contributed by atoms with E-state index in [4.69, 9.17) is 9.47 Å². The zero-order chi connectivity index (χ0) is 34.8. The number of rotatable bonds is 13. The molecule has 4 N–H and O–H groups in total. The number of imidazole rings is 2. The molecular formula is C34H50N8O6. The van der Waals surface area contributed by atoms with Crippen molar-refractivity contribution in [1.82, 2.24) is 40.4 Å². The van der Waals surface area contributed by atoms with Crippen LogP contribution in [0.3, 0.4) is 0 Å². The quantitative estimate of drug-likeness (QED) is 0.231. The molecule has 14 heteroatoms. The second kappa shape index (κ2) is 17.0. The van der Waals surface area contributed by atoms with Crippen molar-refractivity contribution in [1.29, 1.82) is 0 Å². The minimum Gasteiger partial charge on any atom is -0.453 e. The van der Waals surface area contributed by atoms with Gasteiger partial charge in [0.25, 0.3) is 0 Å². The Labute approximate surface area is 282 Å². The van der Waals surface area contributed by atoms with Gasteiger partial charge in [-0.3, -0.25) is 9.59 Å². The summed E-state index contributed by atoms with van der Waals surface area (Å²) in [4.78, 5) is 69.9. The van der Waals surface area contributed by atoms with Gasteiger partial charge in [0.2, 0.25) is 11.8 Å². The highest BCUT2D eigenvalue weighted by Crippen LogP contribution is 2.32. The van der Waals surface area contributed by atoms with Crippen molar-refractivity contribution in [2.75, 3.05) is 27.3 Å². The summed E-state index contributed by atoms with van der Waals surface area (Å²) in [5.41, 5.74) is 5.14. The van der Waals surface area contributed by atoms with Crippen LogP contribution in [0.25, 0.3) is 0 Å². The van der Waals surface area contributed by atoms with E-state index in [0.717, 1.165) is 61.6 Å². The first kappa shape index (κ1) is 36.3. The Morgan fingerprint density at radius 2 is 1.31 bits per heavy atom. The van der Waals surface area contributed by atoms with Crippen LogP contribution in [0.1, 0.15) is 94.9 Å². The summed E-state index contributed by atoms with van der Waals surface area (Å²) in [6.45, 7) is 8.80. The number of hydrogen-bond donors (Lipinski definition) is 4. The standard InChI is InChI=1S/C34H50N8O6/c1-21(2)27(39-33(45)47-5)31(43)41-17-11-15-25(41)29-35-19-23(37-29)13-9-7-8-10-14-24-20-36-30(38-24)26-16-12-18-42(26)32(44)28(22(3)4)40-34(46)48-6/h7,10,19-22,25-28H,9,11-18H2,1-6H3,(H,35,37)(H,36,38)(H,39,45)(H,40,46)/t8?,25-,26-,27-,28-/m0/s1. The second-order valence-corrected chi connectivity index (χ2v) is 13.0. The smallest absolute Gasteiger partial charge is 0.407 e. The maximum absolute atomic E-state index is 13.4. The van der Waals surface area contributed by atoms with Crippen molar-refractivity contribution in [2.45, 2.75) is 96.8 Å². The van der Waals surface area contributed by atoms with Crippen molar-refractivity contribution in [3.63, 3.8) is 0 Å². The van der Waals surface area contributed by atoms with E-state index in [-0.39, 0.29) is 35.7 Å². The highest BCUT2D eigenvalue weighted by atomic mass is 16.5.